The van der Waals surface area contributed by atoms with Crippen molar-refractivity contribution in [2.24, 2.45) is 0 Å². The first-order valence-corrected chi connectivity index (χ1v) is 8.00. The van der Waals surface area contributed by atoms with Crippen molar-refractivity contribution in [3.63, 3.8) is 0 Å². The van der Waals surface area contributed by atoms with E-state index in [0.717, 1.165) is 16.6 Å². The van der Waals surface area contributed by atoms with Gasteiger partial charge in [-0.3, -0.25) is 0 Å². The molecule has 0 amide bonds. The maximum Gasteiger partial charge on any atom is 0.362 e. The van der Waals surface area contributed by atoms with E-state index >= 15 is 0 Å². The Morgan fingerprint density at radius 1 is 0.885 bits per heavy atom. The fourth-order valence-corrected chi connectivity index (χ4v) is 2.50. The summed E-state index contributed by atoms with van der Waals surface area (Å²) in [6.07, 6.45) is 3.04. The van der Waals surface area contributed by atoms with Crippen molar-refractivity contribution in [3.05, 3.63) is 84.9 Å². The number of pyridine rings is 1. The third-order valence-electron chi connectivity index (χ3n) is 3.73. The summed E-state index contributed by atoms with van der Waals surface area (Å²) in [6, 6.07) is 20.0. The van der Waals surface area contributed by atoms with Crippen LogP contribution in [0.15, 0.2) is 79.3 Å². The first kappa shape index (κ1) is 15.7. The number of para-hydroxylation sites is 1. The number of fused-ring (bicyclic) bond motifs is 1. The molecule has 0 fully saturated rings. The average molecular weight is 342 g/mol. The Kier molecular flexibility index (Phi) is 4.22. The van der Waals surface area contributed by atoms with E-state index in [9.17, 15) is 4.79 Å². The maximum atomic E-state index is 12.2. The van der Waals surface area contributed by atoms with Gasteiger partial charge in [-0.25, -0.2) is 19.7 Å². The zero-order valence-electron chi connectivity index (χ0n) is 13.7. The summed E-state index contributed by atoms with van der Waals surface area (Å²) in [5.41, 5.74) is 1.90. The van der Waals surface area contributed by atoms with Gasteiger partial charge in [0.2, 0.25) is 0 Å². The number of benzene rings is 2. The quantitative estimate of drug-likeness (QED) is 0.446. The second-order valence-electron chi connectivity index (χ2n) is 5.50. The van der Waals surface area contributed by atoms with Crippen LogP contribution in [0.3, 0.4) is 0 Å². The van der Waals surface area contributed by atoms with Crippen molar-refractivity contribution in [3.8, 4) is 5.75 Å². The van der Waals surface area contributed by atoms with Crippen molar-refractivity contribution in [1.29, 1.82) is 0 Å². The van der Waals surface area contributed by atoms with Crippen LogP contribution in [-0.4, -0.2) is 20.9 Å². The molecule has 0 aliphatic carbocycles. The monoisotopic (exact) mass is 342 g/mol. The molecule has 2 aromatic carbocycles. The van der Waals surface area contributed by atoms with Gasteiger partial charge in [0.25, 0.3) is 0 Å². The number of hydrogen-bond donors (Lipinski definition) is 1. The highest BCUT2D eigenvalue weighted by atomic mass is 16.5. The number of hydrogen-bond acceptors (Lipinski definition) is 6. The van der Waals surface area contributed by atoms with Gasteiger partial charge in [0.05, 0.1) is 5.52 Å². The second kappa shape index (κ2) is 6.98. The van der Waals surface area contributed by atoms with Crippen LogP contribution in [0, 0.1) is 0 Å². The van der Waals surface area contributed by atoms with Gasteiger partial charge in [0, 0.05) is 17.3 Å². The minimum Gasteiger partial charge on any atom is -0.422 e. The smallest absolute Gasteiger partial charge is 0.362 e. The predicted molar refractivity (Wildman–Crippen MR) is 98.5 cm³/mol. The lowest BCUT2D eigenvalue weighted by atomic mass is 10.2. The van der Waals surface area contributed by atoms with Gasteiger partial charge in [0.1, 0.15) is 23.6 Å². The van der Waals surface area contributed by atoms with Gasteiger partial charge in [0.15, 0.2) is 0 Å². The van der Waals surface area contributed by atoms with E-state index in [0.29, 0.717) is 11.6 Å². The molecule has 0 saturated carbocycles. The Labute approximate surface area is 149 Å². The standard InChI is InChI=1S/C20H14N4O2/c25-20(18-8-4-5-11-21-18)26-15-9-10-17-16(12-15)19(23-13-22-17)24-14-6-2-1-3-7-14/h1-13H,(H,22,23,24). The van der Waals surface area contributed by atoms with Crippen LogP contribution in [0.25, 0.3) is 10.9 Å². The molecule has 0 spiro atoms. The van der Waals surface area contributed by atoms with Gasteiger partial charge in [-0.05, 0) is 42.5 Å². The number of esters is 1. The van der Waals surface area contributed by atoms with Crippen molar-refractivity contribution >= 4 is 28.4 Å². The molecule has 4 rings (SSSR count). The van der Waals surface area contributed by atoms with Gasteiger partial charge in [-0.2, -0.15) is 0 Å². The average Bonchev–Trinajstić information content (AvgIpc) is 2.70. The van der Waals surface area contributed by atoms with E-state index in [4.69, 9.17) is 4.74 Å². The van der Waals surface area contributed by atoms with Gasteiger partial charge in [-0.15, -0.1) is 0 Å². The molecule has 6 nitrogen and oxygen atoms in total. The Balaban J connectivity index is 1.65. The molecule has 0 unspecified atom stereocenters. The summed E-state index contributed by atoms with van der Waals surface area (Å²) in [7, 11) is 0. The largest absolute Gasteiger partial charge is 0.422 e. The fraction of sp³-hybridized carbons (Fsp3) is 0. The summed E-state index contributed by atoms with van der Waals surface area (Å²) in [4.78, 5) is 24.8. The van der Waals surface area contributed by atoms with Crippen LogP contribution >= 0.6 is 0 Å². The SMILES string of the molecule is O=C(Oc1ccc2ncnc(Nc3ccccc3)c2c1)c1ccccn1. The molecule has 2 heterocycles. The number of anilines is 2. The number of ether oxygens (including phenoxy) is 1. The maximum absolute atomic E-state index is 12.2. The van der Waals surface area contributed by atoms with Crippen LogP contribution in [0.2, 0.25) is 0 Å². The molecule has 0 radical (unpaired) electrons. The van der Waals surface area contributed by atoms with Crippen LogP contribution in [-0.2, 0) is 0 Å². The molecule has 6 heteroatoms. The second-order valence-corrected chi connectivity index (χ2v) is 5.50. The number of carbonyl (C=O) groups is 1. The van der Waals surface area contributed by atoms with E-state index in [-0.39, 0.29) is 5.69 Å². The zero-order chi connectivity index (χ0) is 17.8. The van der Waals surface area contributed by atoms with Crippen molar-refractivity contribution in [2.75, 3.05) is 5.32 Å². The number of carbonyl (C=O) groups excluding carboxylic acids is 1. The zero-order valence-corrected chi connectivity index (χ0v) is 13.7. The molecular formula is C20H14N4O2. The lowest BCUT2D eigenvalue weighted by molar-refractivity contribution is 0.0729. The molecule has 126 valence electrons. The Morgan fingerprint density at radius 3 is 2.54 bits per heavy atom. The molecule has 0 atom stereocenters. The third-order valence-corrected chi connectivity index (χ3v) is 3.73. The molecule has 1 N–H and O–H groups in total. The van der Waals surface area contributed by atoms with Crippen LogP contribution in [0.1, 0.15) is 10.5 Å². The Hall–Kier alpha value is -3.80. The summed E-state index contributed by atoms with van der Waals surface area (Å²) in [5, 5.41) is 4.01. The highest BCUT2D eigenvalue weighted by molar-refractivity contribution is 5.93. The highest BCUT2D eigenvalue weighted by Gasteiger charge is 2.11. The van der Waals surface area contributed by atoms with E-state index < -0.39 is 5.97 Å². The Bertz CT molecular complexity index is 1050. The summed E-state index contributed by atoms with van der Waals surface area (Å²) in [5.74, 6) is 0.523. The third kappa shape index (κ3) is 3.34. The molecule has 0 aliphatic heterocycles. The molecule has 0 aliphatic rings. The van der Waals surface area contributed by atoms with E-state index in [1.165, 1.54) is 6.33 Å². The lowest BCUT2D eigenvalue weighted by Crippen LogP contribution is -2.10. The van der Waals surface area contributed by atoms with Gasteiger partial charge < -0.3 is 10.1 Å². The van der Waals surface area contributed by atoms with Crippen LogP contribution < -0.4 is 10.1 Å². The van der Waals surface area contributed by atoms with E-state index in [1.807, 2.05) is 30.3 Å². The van der Waals surface area contributed by atoms with Crippen molar-refractivity contribution in [1.82, 2.24) is 15.0 Å². The van der Waals surface area contributed by atoms with Crippen LogP contribution in [0.5, 0.6) is 5.75 Å². The molecule has 0 saturated heterocycles. The predicted octanol–water partition coefficient (Wildman–Crippen LogP) is 3.99. The topological polar surface area (TPSA) is 77.0 Å². The molecular weight excluding hydrogens is 328 g/mol. The van der Waals surface area contributed by atoms with Crippen molar-refractivity contribution < 1.29 is 9.53 Å². The summed E-state index contributed by atoms with van der Waals surface area (Å²) in [6.45, 7) is 0. The summed E-state index contributed by atoms with van der Waals surface area (Å²) >= 11 is 0. The fourth-order valence-electron chi connectivity index (χ4n) is 2.50. The minimum absolute atomic E-state index is 0.250. The lowest BCUT2D eigenvalue weighted by Gasteiger charge is -2.10. The molecule has 2 aromatic heterocycles. The summed E-state index contributed by atoms with van der Waals surface area (Å²) < 4.78 is 5.43. The van der Waals surface area contributed by atoms with Crippen molar-refractivity contribution in [2.45, 2.75) is 0 Å². The van der Waals surface area contributed by atoms with Gasteiger partial charge in [-0.1, -0.05) is 24.3 Å². The van der Waals surface area contributed by atoms with E-state index in [1.54, 1.807) is 42.6 Å². The van der Waals surface area contributed by atoms with Crippen LogP contribution in [0.4, 0.5) is 11.5 Å². The number of nitrogens with zero attached hydrogens (tertiary/aromatic N) is 3. The Morgan fingerprint density at radius 2 is 1.73 bits per heavy atom. The highest BCUT2D eigenvalue weighted by Crippen LogP contribution is 2.27. The number of rotatable bonds is 4. The normalized spacial score (nSPS) is 10.5. The molecule has 4 aromatic rings. The molecule has 0 bridgehead atoms. The molecule has 26 heavy (non-hydrogen) atoms. The first-order chi connectivity index (χ1) is 12.8. The van der Waals surface area contributed by atoms with Gasteiger partial charge >= 0.3 is 5.97 Å². The minimum atomic E-state index is -0.514. The van der Waals surface area contributed by atoms with E-state index in [2.05, 4.69) is 20.3 Å². The first-order valence-electron chi connectivity index (χ1n) is 8.00. The number of nitrogens with one attached hydrogen (secondary N) is 1. The number of aromatic nitrogens is 3.